The first-order chi connectivity index (χ1) is 29.5. The van der Waals surface area contributed by atoms with Crippen LogP contribution in [0, 0.1) is 23.2 Å². The number of carbonyl (C=O) groups is 5. The Morgan fingerprint density at radius 1 is 0.429 bits per heavy atom. The van der Waals surface area contributed by atoms with Crippen LogP contribution in [0.25, 0.3) is 0 Å². The van der Waals surface area contributed by atoms with Gasteiger partial charge in [0.1, 0.15) is 49.3 Å². The van der Waals surface area contributed by atoms with E-state index in [0.29, 0.717) is 28.5 Å². The van der Waals surface area contributed by atoms with Crippen LogP contribution in [0.2, 0.25) is 0 Å². The zero-order chi connectivity index (χ0) is 47.1. The van der Waals surface area contributed by atoms with E-state index in [0.717, 1.165) is 16.7 Å². The average Bonchev–Trinajstić information content (AvgIpc) is 3.29. The van der Waals surface area contributed by atoms with Crippen molar-refractivity contribution in [2.45, 2.75) is 98.2 Å². The van der Waals surface area contributed by atoms with Gasteiger partial charge in [-0.1, -0.05) is 78.4 Å². The summed E-state index contributed by atoms with van der Waals surface area (Å²) in [5, 5.41) is 20.3. The van der Waals surface area contributed by atoms with Crippen molar-refractivity contribution < 1.29 is 67.3 Å². The van der Waals surface area contributed by atoms with E-state index in [1.807, 2.05) is 19.1 Å². The second-order valence-corrected chi connectivity index (χ2v) is 17.9. The summed E-state index contributed by atoms with van der Waals surface area (Å²) in [6.07, 6.45) is 0. The van der Waals surface area contributed by atoms with Crippen LogP contribution < -0.4 is 0 Å². The standard InChI is InChI=1S/C47H60Cl2O14/c1-32-9-11-35(12-10-32)23-59-42(56)47(8,30-62-43(2,3)38(52)60-28-45(6,26-50)40(54)57-24-36-17-13-33(21-48)14-18-36)31-63-44(4,5)39(53)61-29-46(7,27-51)41(55)58-25-37-19-15-34(22-49)16-20-37/h9-20,50-51H,21-31H2,1-8H3. The van der Waals surface area contributed by atoms with Crippen molar-refractivity contribution in [3.8, 4) is 0 Å². The number of aryl methyl sites for hydroxylation is 1. The number of aliphatic hydroxyl groups is 2. The fraction of sp³-hybridized carbons (Fsp3) is 0.511. The Labute approximate surface area is 379 Å². The summed E-state index contributed by atoms with van der Waals surface area (Å²) in [6, 6.07) is 21.5. The number of halogens is 2. The Hall–Kier alpha value is -4.57. The third kappa shape index (κ3) is 15.6. The van der Waals surface area contributed by atoms with Crippen LogP contribution in [0.3, 0.4) is 0 Å². The van der Waals surface area contributed by atoms with E-state index in [-0.39, 0.29) is 19.8 Å². The molecule has 0 aliphatic heterocycles. The first-order valence-corrected chi connectivity index (χ1v) is 21.3. The topological polar surface area (TPSA) is 190 Å². The van der Waals surface area contributed by atoms with Crippen LogP contribution in [-0.4, -0.2) is 90.9 Å². The predicted molar refractivity (Wildman–Crippen MR) is 233 cm³/mol. The Bertz CT molecular complexity index is 1870. The lowest BCUT2D eigenvalue weighted by molar-refractivity contribution is -0.195. The monoisotopic (exact) mass is 918 g/mol. The van der Waals surface area contributed by atoms with E-state index in [4.69, 9.17) is 56.4 Å². The van der Waals surface area contributed by atoms with Crippen molar-refractivity contribution in [1.82, 2.24) is 0 Å². The third-order valence-corrected chi connectivity index (χ3v) is 10.9. The van der Waals surface area contributed by atoms with E-state index in [1.165, 1.54) is 48.5 Å². The summed E-state index contributed by atoms with van der Waals surface area (Å²) < 4.78 is 39.5. The molecule has 0 aliphatic rings. The molecule has 63 heavy (non-hydrogen) atoms. The fourth-order valence-electron chi connectivity index (χ4n) is 5.20. The highest BCUT2D eigenvalue weighted by molar-refractivity contribution is 6.17. The molecule has 0 saturated heterocycles. The first kappa shape index (κ1) is 52.8. The number of alkyl halides is 2. The van der Waals surface area contributed by atoms with Gasteiger partial charge in [-0.2, -0.15) is 0 Å². The van der Waals surface area contributed by atoms with Gasteiger partial charge in [-0.15, -0.1) is 23.2 Å². The normalized spacial score (nSPS) is 14.6. The molecule has 2 N–H and O–H groups in total. The highest BCUT2D eigenvalue weighted by Crippen LogP contribution is 2.29. The number of esters is 5. The van der Waals surface area contributed by atoms with Crippen LogP contribution in [0.15, 0.2) is 72.8 Å². The molecule has 0 aliphatic carbocycles. The van der Waals surface area contributed by atoms with Gasteiger partial charge in [0, 0.05) is 11.8 Å². The molecule has 0 spiro atoms. The lowest BCUT2D eigenvalue weighted by Crippen LogP contribution is -2.49. The first-order valence-electron chi connectivity index (χ1n) is 20.2. The van der Waals surface area contributed by atoms with Crippen molar-refractivity contribution in [3.63, 3.8) is 0 Å². The molecule has 2 unspecified atom stereocenters. The van der Waals surface area contributed by atoms with E-state index >= 15 is 0 Å². The van der Waals surface area contributed by atoms with Crippen LogP contribution in [0.4, 0.5) is 0 Å². The number of ether oxygens (including phenoxy) is 7. The van der Waals surface area contributed by atoms with Gasteiger partial charge in [0.15, 0.2) is 11.2 Å². The molecule has 3 aromatic rings. The van der Waals surface area contributed by atoms with Crippen molar-refractivity contribution in [1.29, 1.82) is 0 Å². The molecule has 3 aromatic carbocycles. The van der Waals surface area contributed by atoms with Gasteiger partial charge in [0.2, 0.25) is 0 Å². The molecule has 0 saturated carbocycles. The largest absolute Gasteiger partial charge is 0.462 e. The number of carbonyl (C=O) groups excluding carboxylic acids is 5. The van der Waals surface area contributed by atoms with E-state index in [1.54, 1.807) is 60.7 Å². The van der Waals surface area contributed by atoms with Gasteiger partial charge in [0.25, 0.3) is 0 Å². The maximum atomic E-state index is 13.8. The zero-order valence-corrected chi connectivity index (χ0v) is 38.8. The molecular formula is C47H60Cl2O14. The summed E-state index contributed by atoms with van der Waals surface area (Å²) in [5.74, 6) is -3.55. The van der Waals surface area contributed by atoms with Gasteiger partial charge < -0.3 is 43.4 Å². The predicted octanol–water partition coefficient (Wildman–Crippen LogP) is 6.68. The molecule has 14 nitrogen and oxygen atoms in total. The minimum absolute atomic E-state index is 0.0858. The van der Waals surface area contributed by atoms with Crippen LogP contribution in [0.5, 0.6) is 0 Å². The molecule has 0 bridgehead atoms. The van der Waals surface area contributed by atoms with E-state index in [9.17, 15) is 34.2 Å². The maximum Gasteiger partial charge on any atom is 0.337 e. The molecule has 0 aromatic heterocycles. The highest BCUT2D eigenvalue weighted by atomic mass is 35.5. The van der Waals surface area contributed by atoms with Gasteiger partial charge in [-0.25, -0.2) is 9.59 Å². The number of rotatable bonds is 25. The number of hydrogen-bond acceptors (Lipinski definition) is 14. The SMILES string of the molecule is Cc1ccc(COC(=O)C(C)(COC(C)(C)C(=O)OCC(C)(CO)C(=O)OCc2ccc(CCl)cc2)COC(C)(C)C(=O)OCC(C)(CO)C(=O)OCc2ccc(CCl)cc2)cc1. The molecule has 0 heterocycles. The summed E-state index contributed by atoms with van der Waals surface area (Å²) in [5.41, 5.74) is -3.42. The molecule has 2 atom stereocenters. The lowest BCUT2D eigenvalue weighted by atomic mass is 9.91. The Balaban J connectivity index is 1.68. The van der Waals surface area contributed by atoms with E-state index < -0.39 is 96.9 Å². The average molecular weight is 920 g/mol. The van der Waals surface area contributed by atoms with Crippen LogP contribution in [0.1, 0.15) is 81.8 Å². The molecule has 3 rings (SSSR count). The van der Waals surface area contributed by atoms with Gasteiger partial charge >= 0.3 is 29.8 Å². The van der Waals surface area contributed by atoms with Crippen molar-refractivity contribution in [2.24, 2.45) is 16.2 Å². The van der Waals surface area contributed by atoms with Gasteiger partial charge in [-0.05, 0) is 83.2 Å². The molecule has 0 amide bonds. The third-order valence-electron chi connectivity index (χ3n) is 10.3. The van der Waals surface area contributed by atoms with Crippen LogP contribution in [-0.2, 0) is 88.7 Å². The second kappa shape index (κ2) is 23.4. The Kier molecular flexibility index (Phi) is 19.6. The summed E-state index contributed by atoms with van der Waals surface area (Å²) in [7, 11) is 0. The Morgan fingerprint density at radius 2 is 0.714 bits per heavy atom. The smallest absolute Gasteiger partial charge is 0.337 e. The van der Waals surface area contributed by atoms with Crippen molar-refractivity contribution >= 4 is 53.0 Å². The van der Waals surface area contributed by atoms with E-state index in [2.05, 4.69) is 0 Å². The summed E-state index contributed by atoms with van der Waals surface area (Å²) >= 11 is 11.7. The molecule has 346 valence electrons. The minimum atomic E-state index is -1.71. The lowest BCUT2D eigenvalue weighted by Gasteiger charge is -2.34. The second-order valence-electron chi connectivity index (χ2n) is 17.4. The molecule has 0 fully saturated rings. The van der Waals surface area contributed by atoms with Gasteiger partial charge in [0.05, 0.1) is 26.4 Å². The highest BCUT2D eigenvalue weighted by Gasteiger charge is 2.45. The minimum Gasteiger partial charge on any atom is -0.462 e. The Morgan fingerprint density at radius 3 is 1.02 bits per heavy atom. The van der Waals surface area contributed by atoms with Gasteiger partial charge in [-0.3, -0.25) is 14.4 Å². The number of benzene rings is 3. The van der Waals surface area contributed by atoms with Crippen molar-refractivity contribution in [3.05, 3.63) is 106 Å². The van der Waals surface area contributed by atoms with Crippen molar-refractivity contribution in [2.75, 3.05) is 39.6 Å². The quantitative estimate of drug-likeness (QED) is 0.0520. The number of aliphatic hydroxyl groups excluding tert-OH is 2. The summed E-state index contributed by atoms with van der Waals surface area (Å²) in [6.45, 7) is 8.04. The molecule has 16 heteroatoms. The van der Waals surface area contributed by atoms with Crippen LogP contribution >= 0.6 is 23.2 Å². The zero-order valence-electron chi connectivity index (χ0n) is 37.3. The maximum absolute atomic E-state index is 13.8. The number of hydrogen-bond donors (Lipinski definition) is 2. The molecular weight excluding hydrogens is 859 g/mol. The molecule has 0 radical (unpaired) electrons. The summed E-state index contributed by atoms with van der Waals surface area (Å²) in [4.78, 5) is 66.8. The fourth-order valence-corrected chi connectivity index (χ4v) is 5.55.